The molecule has 160 valence electrons. The van der Waals surface area contributed by atoms with Gasteiger partial charge < -0.3 is 25.2 Å². The van der Waals surface area contributed by atoms with Crippen molar-refractivity contribution in [2.75, 3.05) is 26.4 Å². The van der Waals surface area contributed by atoms with Gasteiger partial charge in [-0.2, -0.15) is 11.3 Å². The van der Waals surface area contributed by atoms with Crippen molar-refractivity contribution in [3.8, 4) is 5.75 Å². The van der Waals surface area contributed by atoms with Crippen LogP contribution in [0.5, 0.6) is 5.75 Å². The second-order valence-electron chi connectivity index (χ2n) is 6.82. The number of aliphatic imine (C=N–C) groups is 1. The van der Waals surface area contributed by atoms with Gasteiger partial charge in [0.15, 0.2) is 12.8 Å². The standard InChI is InChI=1S/C20H26FN3O3S.HI/c1-3-22-19(24-12-20(2,25)16-5-7-28-11-16)23-6-4-14-8-17(21)9-15-10-26-13-27-18(14)15;/h5,7-9,11,25H,3-4,6,10,12-13H2,1-2H3,(H2,22,23,24);1H. The zero-order chi connectivity index (χ0) is 20.0. The highest BCUT2D eigenvalue weighted by Crippen LogP contribution is 2.29. The molecule has 3 rings (SSSR count). The van der Waals surface area contributed by atoms with E-state index in [-0.39, 0.29) is 43.1 Å². The molecule has 2 aromatic rings. The lowest BCUT2D eigenvalue weighted by atomic mass is 10.00. The second kappa shape index (κ2) is 11.1. The third-order valence-corrected chi connectivity index (χ3v) is 5.15. The van der Waals surface area contributed by atoms with E-state index in [1.54, 1.807) is 18.3 Å². The van der Waals surface area contributed by atoms with Gasteiger partial charge in [-0.15, -0.1) is 24.0 Å². The van der Waals surface area contributed by atoms with Crippen molar-refractivity contribution in [1.29, 1.82) is 0 Å². The van der Waals surface area contributed by atoms with Crippen molar-refractivity contribution in [3.05, 3.63) is 51.5 Å². The summed E-state index contributed by atoms with van der Waals surface area (Å²) >= 11 is 1.54. The molecule has 0 amide bonds. The Kier molecular flexibility index (Phi) is 9.12. The van der Waals surface area contributed by atoms with Gasteiger partial charge in [0.2, 0.25) is 0 Å². The van der Waals surface area contributed by atoms with Crippen molar-refractivity contribution in [2.45, 2.75) is 32.5 Å². The van der Waals surface area contributed by atoms with E-state index in [1.165, 1.54) is 12.1 Å². The van der Waals surface area contributed by atoms with Crippen LogP contribution in [0.4, 0.5) is 4.39 Å². The lowest BCUT2D eigenvalue weighted by Crippen LogP contribution is -2.39. The quantitative estimate of drug-likeness (QED) is 0.288. The van der Waals surface area contributed by atoms with E-state index in [2.05, 4.69) is 15.6 Å². The maximum absolute atomic E-state index is 13.9. The normalized spacial score (nSPS) is 15.5. The molecule has 1 aromatic carbocycles. The van der Waals surface area contributed by atoms with Crippen LogP contribution in [0.25, 0.3) is 0 Å². The Morgan fingerprint density at radius 1 is 1.38 bits per heavy atom. The van der Waals surface area contributed by atoms with E-state index in [4.69, 9.17) is 9.47 Å². The molecule has 0 radical (unpaired) electrons. The van der Waals surface area contributed by atoms with Gasteiger partial charge in [0.1, 0.15) is 17.2 Å². The Morgan fingerprint density at radius 3 is 2.93 bits per heavy atom. The molecule has 2 heterocycles. The van der Waals surface area contributed by atoms with E-state index < -0.39 is 5.60 Å². The van der Waals surface area contributed by atoms with Crippen LogP contribution in [-0.2, 0) is 23.4 Å². The van der Waals surface area contributed by atoms with Gasteiger partial charge in [0.25, 0.3) is 0 Å². The predicted octanol–water partition coefficient (Wildman–Crippen LogP) is 3.38. The Morgan fingerprint density at radius 2 is 2.21 bits per heavy atom. The number of fused-ring (bicyclic) bond motifs is 1. The molecule has 0 saturated carbocycles. The number of hydrogen-bond donors (Lipinski definition) is 3. The first-order valence-corrected chi connectivity index (χ1v) is 10.2. The van der Waals surface area contributed by atoms with Crippen LogP contribution in [0, 0.1) is 5.82 Å². The van der Waals surface area contributed by atoms with Crippen LogP contribution in [0.1, 0.15) is 30.5 Å². The van der Waals surface area contributed by atoms with Gasteiger partial charge in [-0.25, -0.2) is 9.38 Å². The minimum Gasteiger partial charge on any atom is -0.467 e. The van der Waals surface area contributed by atoms with E-state index >= 15 is 0 Å². The first-order valence-electron chi connectivity index (χ1n) is 9.28. The molecule has 1 unspecified atom stereocenters. The second-order valence-corrected chi connectivity index (χ2v) is 7.60. The van der Waals surface area contributed by atoms with Crippen LogP contribution in [-0.4, -0.2) is 37.5 Å². The molecular formula is C20H27FIN3O3S. The van der Waals surface area contributed by atoms with Crippen LogP contribution >= 0.6 is 35.3 Å². The molecule has 1 aromatic heterocycles. The molecule has 1 aliphatic heterocycles. The highest BCUT2D eigenvalue weighted by atomic mass is 127. The third-order valence-electron chi connectivity index (χ3n) is 4.47. The van der Waals surface area contributed by atoms with E-state index in [9.17, 15) is 9.50 Å². The van der Waals surface area contributed by atoms with Gasteiger partial charge in [-0.1, -0.05) is 0 Å². The van der Waals surface area contributed by atoms with Gasteiger partial charge in [0, 0.05) is 18.7 Å². The Hall–Kier alpha value is -1.43. The van der Waals surface area contributed by atoms with E-state index in [0.29, 0.717) is 37.8 Å². The predicted molar refractivity (Wildman–Crippen MR) is 124 cm³/mol. The maximum Gasteiger partial charge on any atom is 0.191 e. The first kappa shape index (κ1) is 23.8. The van der Waals surface area contributed by atoms with Crippen molar-refractivity contribution < 1.29 is 19.0 Å². The summed E-state index contributed by atoms with van der Waals surface area (Å²) in [6, 6.07) is 4.85. The fraction of sp³-hybridized carbons (Fsp3) is 0.450. The van der Waals surface area contributed by atoms with Crippen LogP contribution in [0.3, 0.4) is 0 Å². The molecule has 0 bridgehead atoms. The van der Waals surface area contributed by atoms with Gasteiger partial charge >= 0.3 is 0 Å². The van der Waals surface area contributed by atoms with Crippen molar-refractivity contribution in [3.63, 3.8) is 0 Å². The lowest BCUT2D eigenvalue weighted by Gasteiger charge is -2.22. The summed E-state index contributed by atoms with van der Waals surface area (Å²) in [5.74, 6) is 1.01. The summed E-state index contributed by atoms with van der Waals surface area (Å²) in [6.07, 6.45) is 0.575. The third kappa shape index (κ3) is 6.53. The van der Waals surface area contributed by atoms with Crippen LogP contribution in [0.2, 0.25) is 0 Å². The van der Waals surface area contributed by atoms with Crippen molar-refractivity contribution >= 4 is 41.3 Å². The monoisotopic (exact) mass is 535 g/mol. The summed E-state index contributed by atoms with van der Waals surface area (Å²) in [4.78, 5) is 4.50. The zero-order valence-corrected chi connectivity index (χ0v) is 19.7. The number of benzene rings is 1. The minimum absolute atomic E-state index is 0. The fourth-order valence-corrected chi connectivity index (χ4v) is 3.78. The molecular weight excluding hydrogens is 508 g/mol. The largest absolute Gasteiger partial charge is 0.467 e. The molecule has 1 aliphatic rings. The number of nitrogens with one attached hydrogen (secondary N) is 2. The van der Waals surface area contributed by atoms with Gasteiger partial charge in [0.05, 0.1) is 13.2 Å². The summed E-state index contributed by atoms with van der Waals surface area (Å²) in [5.41, 5.74) is 1.35. The number of halogens is 2. The van der Waals surface area contributed by atoms with Gasteiger partial charge in [-0.05, 0) is 60.4 Å². The molecule has 6 nitrogen and oxygen atoms in total. The number of aliphatic hydroxyl groups is 1. The zero-order valence-electron chi connectivity index (χ0n) is 16.5. The maximum atomic E-state index is 13.9. The number of rotatable bonds is 7. The highest BCUT2D eigenvalue weighted by molar-refractivity contribution is 14.0. The average Bonchev–Trinajstić information content (AvgIpc) is 3.22. The van der Waals surface area contributed by atoms with Crippen molar-refractivity contribution in [2.24, 2.45) is 4.99 Å². The topological polar surface area (TPSA) is 75.1 Å². The molecule has 1 atom stereocenters. The highest BCUT2D eigenvalue weighted by Gasteiger charge is 2.23. The number of thiophene rings is 1. The van der Waals surface area contributed by atoms with E-state index in [0.717, 1.165) is 16.7 Å². The average molecular weight is 535 g/mol. The Bertz CT molecular complexity index is 816. The molecule has 0 saturated heterocycles. The molecule has 0 fully saturated rings. The Balaban J connectivity index is 0.00000300. The van der Waals surface area contributed by atoms with Crippen LogP contribution < -0.4 is 15.4 Å². The molecule has 29 heavy (non-hydrogen) atoms. The van der Waals surface area contributed by atoms with Crippen molar-refractivity contribution in [1.82, 2.24) is 10.6 Å². The number of guanidine groups is 1. The number of ether oxygens (including phenoxy) is 2. The fourth-order valence-electron chi connectivity index (χ4n) is 2.99. The lowest BCUT2D eigenvalue weighted by molar-refractivity contribution is -0.0172. The summed E-state index contributed by atoms with van der Waals surface area (Å²) in [6.45, 7) is 5.74. The number of nitrogens with zero attached hydrogens (tertiary/aromatic N) is 1. The Labute approximate surface area is 191 Å². The number of hydrogen-bond acceptors (Lipinski definition) is 5. The van der Waals surface area contributed by atoms with Gasteiger partial charge in [-0.3, -0.25) is 0 Å². The summed E-state index contributed by atoms with van der Waals surface area (Å²) < 4.78 is 24.6. The SMILES string of the molecule is CCNC(=NCC(C)(O)c1ccsc1)NCCc1cc(F)cc2c1OCOC2.I. The first-order chi connectivity index (χ1) is 13.5. The van der Waals surface area contributed by atoms with E-state index in [1.807, 2.05) is 23.8 Å². The molecule has 0 aliphatic carbocycles. The minimum atomic E-state index is -1.03. The van der Waals surface area contributed by atoms with Crippen LogP contribution in [0.15, 0.2) is 34.0 Å². The molecule has 9 heteroatoms. The molecule has 3 N–H and O–H groups in total. The summed E-state index contributed by atoms with van der Waals surface area (Å²) in [7, 11) is 0. The smallest absolute Gasteiger partial charge is 0.191 e. The summed E-state index contributed by atoms with van der Waals surface area (Å²) in [5, 5.41) is 20.9. The molecule has 0 spiro atoms.